The molecule has 0 aromatic heterocycles. The van der Waals surface area contributed by atoms with Crippen molar-refractivity contribution >= 4 is 17.5 Å². The molecule has 0 heterocycles. The zero-order valence-electron chi connectivity index (χ0n) is 21.7. The second-order valence-corrected chi connectivity index (χ2v) is 11.4. The van der Waals surface area contributed by atoms with Gasteiger partial charge in [-0.3, -0.25) is 14.4 Å². The van der Waals surface area contributed by atoms with Crippen molar-refractivity contribution in [3.8, 4) is 0 Å². The Morgan fingerprint density at radius 1 is 0.824 bits per heavy atom. The van der Waals surface area contributed by atoms with E-state index in [4.69, 9.17) is 4.74 Å². The van der Waals surface area contributed by atoms with Crippen LogP contribution in [0.4, 0.5) is 0 Å². The third-order valence-electron chi connectivity index (χ3n) is 7.08. The topological polar surface area (TPSA) is 60.4 Å². The Balaban J connectivity index is 1.76. The van der Waals surface area contributed by atoms with E-state index in [-0.39, 0.29) is 28.4 Å². The maximum absolute atomic E-state index is 13.5. The molecule has 1 aliphatic rings. The summed E-state index contributed by atoms with van der Waals surface area (Å²) in [7, 11) is 0. The van der Waals surface area contributed by atoms with Crippen LogP contribution in [-0.2, 0) is 20.4 Å². The molecule has 0 amide bonds. The van der Waals surface area contributed by atoms with Crippen LogP contribution in [0.5, 0.6) is 0 Å². The highest BCUT2D eigenvalue weighted by Crippen LogP contribution is 2.36. The lowest BCUT2D eigenvalue weighted by atomic mass is 9.75. The van der Waals surface area contributed by atoms with Gasteiger partial charge in [0, 0.05) is 29.2 Å². The van der Waals surface area contributed by atoms with Gasteiger partial charge in [-0.2, -0.15) is 0 Å². The molecule has 0 aliphatic heterocycles. The number of ether oxygens (including phenoxy) is 1. The van der Waals surface area contributed by atoms with Crippen molar-refractivity contribution in [1.82, 2.24) is 0 Å². The molecule has 1 unspecified atom stereocenters. The van der Waals surface area contributed by atoms with E-state index in [0.29, 0.717) is 34.8 Å². The second kappa shape index (κ2) is 9.85. The molecule has 0 saturated carbocycles. The summed E-state index contributed by atoms with van der Waals surface area (Å²) in [6.07, 6.45) is 3.92. The largest absolute Gasteiger partial charge is 0.466 e. The van der Waals surface area contributed by atoms with Crippen molar-refractivity contribution in [1.29, 1.82) is 0 Å². The lowest BCUT2D eigenvalue weighted by Crippen LogP contribution is -2.25. The number of ketones is 2. The summed E-state index contributed by atoms with van der Waals surface area (Å²) < 4.78 is 5.05. The Morgan fingerprint density at radius 3 is 1.91 bits per heavy atom. The van der Waals surface area contributed by atoms with Crippen LogP contribution in [0.2, 0.25) is 0 Å². The Bertz CT molecular complexity index is 1100. The molecule has 1 aliphatic carbocycles. The highest BCUT2D eigenvalue weighted by molar-refractivity contribution is 6.28. The molecule has 4 nitrogen and oxygen atoms in total. The molecule has 2 aromatic carbocycles. The van der Waals surface area contributed by atoms with Gasteiger partial charge in [-0.1, -0.05) is 66.5 Å². The number of rotatable bonds is 8. The minimum Gasteiger partial charge on any atom is -0.466 e. The number of carbonyl (C=O) groups excluding carboxylic acids is 3. The first-order valence-corrected chi connectivity index (χ1v) is 12.3. The summed E-state index contributed by atoms with van der Waals surface area (Å²) >= 11 is 0. The van der Waals surface area contributed by atoms with Crippen LogP contribution in [0.15, 0.2) is 36.4 Å². The van der Waals surface area contributed by atoms with Crippen LogP contribution < -0.4 is 0 Å². The molecule has 3 rings (SSSR count). The van der Waals surface area contributed by atoms with Crippen LogP contribution in [0.25, 0.3) is 0 Å². The second-order valence-electron chi connectivity index (χ2n) is 11.4. The van der Waals surface area contributed by atoms with E-state index in [1.54, 1.807) is 6.07 Å². The van der Waals surface area contributed by atoms with Gasteiger partial charge in [0.05, 0.1) is 6.61 Å². The first-order valence-electron chi connectivity index (χ1n) is 12.3. The van der Waals surface area contributed by atoms with Crippen molar-refractivity contribution in [2.75, 3.05) is 6.61 Å². The lowest BCUT2D eigenvalue weighted by Gasteiger charge is -2.28. The quantitative estimate of drug-likeness (QED) is 0.346. The van der Waals surface area contributed by atoms with Gasteiger partial charge >= 0.3 is 5.97 Å². The molecule has 2 aromatic rings. The molecule has 0 fully saturated rings. The number of benzene rings is 2. The summed E-state index contributed by atoms with van der Waals surface area (Å²) in [6.45, 7) is 14.8. The fraction of sp³-hybridized carbons (Fsp3) is 0.500. The summed E-state index contributed by atoms with van der Waals surface area (Å²) in [4.78, 5) is 37.6. The number of fused-ring (bicyclic) bond motifs is 2. The maximum atomic E-state index is 13.5. The van der Waals surface area contributed by atoms with Crippen LogP contribution in [0.3, 0.4) is 0 Å². The third kappa shape index (κ3) is 5.65. The highest BCUT2D eigenvalue weighted by atomic mass is 16.5. The van der Waals surface area contributed by atoms with Crippen LogP contribution in [0.1, 0.15) is 117 Å². The third-order valence-corrected chi connectivity index (χ3v) is 7.08. The van der Waals surface area contributed by atoms with E-state index in [9.17, 15) is 14.4 Å². The minimum atomic E-state index is -0.231. The zero-order chi connectivity index (χ0) is 25.3. The van der Waals surface area contributed by atoms with Gasteiger partial charge in [-0.05, 0) is 65.0 Å². The van der Waals surface area contributed by atoms with E-state index in [2.05, 4.69) is 41.5 Å². The maximum Gasteiger partial charge on any atom is 0.302 e. The van der Waals surface area contributed by atoms with Crippen molar-refractivity contribution in [2.24, 2.45) is 5.92 Å². The monoisotopic (exact) mass is 462 g/mol. The van der Waals surface area contributed by atoms with Crippen molar-refractivity contribution in [2.45, 2.75) is 85.0 Å². The SMILES string of the molecule is CC(=O)OCCC(C)CCCC(C)(C)c1ccc2c(c1)C(=O)c1cc(C(C)(C)C)ccc1C2=O. The molecule has 0 N–H and O–H groups in total. The standard InChI is InChI=1S/C30H38O4/c1-19(14-16-34-20(2)31)9-8-15-30(6,7)22-11-13-24-26(18-22)28(33)25-17-21(29(3,4)5)10-12-23(25)27(24)32/h10-13,17-19H,8-9,14-16H2,1-7H3. The van der Waals surface area contributed by atoms with Crippen molar-refractivity contribution in [3.63, 3.8) is 0 Å². The predicted octanol–water partition coefficient (Wildman–Crippen LogP) is 6.80. The van der Waals surface area contributed by atoms with Crippen LogP contribution in [0, 0.1) is 5.92 Å². The van der Waals surface area contributed by atoms with Gasteiger partial charge in [-0.15, -0.1) is 0 Å². The van der Waals surface area contributed by atoms with Gasteiger partial charge in [0.1, 0.15) is 0 Å². The smallest absolute Gasteiger partial charge is 0.302 e. The number of hydrogen-bond acceptors (Lipinski definition) is 4. The summed E-state index contributed by atoms with van der Waals surface area (Å²) in [5.41, 5.74) is 3.94. The molecule has 34 heavy (non-hydrogen) atoms. The molecule has 182 valence electrons. The number of hydrogen-bond donors (Lipinski definition) is 0. The van der Waals surface area contributed by atoms with E-state index >= 15 is 0 Å². The molecule has 0 saturated heterocycles. The van der Waals surface area contributed by atoms with E-state index < -0.39 is 0 Å². The molecule has 0 spiro atoms. The molecular weight excluding hydrogens is 424 g/mol. The molecular formula is C30H38O4. The first-order chi connectivity index (χ1) is 15.8. The van der Waals surface area contributed by atoms with Gasteiger partial charge in [0.2, 0.25) is 0 Å². The summed E-state index contributed by atoms with van der Waals surface area (Å²) in [6, 6.07) is 11.4. The minimum absolute atomic E-state index is 0.0626. The first kappa shape index (κ1) is 25.9. The lowest BCUT2D eigenvalue weighted by molar-refractivity contribution is -0.141. The van der Waals surface area contributed by atoms with E-state index in [1.807, 2.05) is 30.3 Å². The summed E-state index contributed by atoms with van der Waals surface area (Å²) in [5.74, 6) is 0.112. The molecule has 0 bridgehead atoms. The molecule has 4 heteroatoms. The molecule has 1 atom stereocenters. The van der Waals surface area contributed by atoms with E-state index in [1.165, 1.54) is 6.92 Å². The van der Waals surface area contributed by atoms with E-state index in [0.717, 1.165) is 36.8 Å². The van der Waals surface area contributed by atoms with Gasteiger partial charge < -0.3 is 4.74 Å². The highest BCUT2D eigenvalue weighted by Gasteiger charge is 2.32. The number of carbonyl (C=O) groups is 3. The Kier molecular flexibility index (Phi) is 7.50. The van der Waals surface area contributed by atoms with Gasteiger partial charge in [-0.25, -0.2) is 0 Å². The van der Waals surface area contributed by atoms with Crippen molar-refractivity contribution < 1.29 is 19.1 Å². The number of esters is 1. The van der Waals surface area contributed by atoms with Crippen molar-refractivity contribution in [3.05, 3.63) is 69.8 Å². The average Bonchev–Trinajstić information content (AvgIpc) is 2.75. The Hall–Kier alpha value is -2.75. The Morgan fingerprint density at radius 2 is 1.35 bits per heavy atom. The fourth-order valence-electron chi connectivity index (χ4n) is 4.62. The zero-order valence-corrected chi connectivity index (χ0v) is 21.7. The van der Waals surface area contributed by atoms with Crippen LogP contribution >= 0.6 is 0 Å². The van der Waals surface area contributed by atoms with Crippen LogP contribution in [-0.4, -0.2) is 24.1 Å². The molecule has 0 radical (unpaired) electrons. The summed E-state index contributed by atoms with van der Waals surface area (Å²) in [5, 5.41) is 0. The predicted molar refractivity (Wildman–Crippen MR) is 136 cm³/mol. The fourth-order valence-corrected chi connectivity index (χ4v) is 4.62. The average molecular weight is 463 g/mol. The Labute approximate surface area is 204 Å². The van der Waals surface area contributed by atoms with Gasteiger partial charge in [0.15, 0.2) is 11.6 Å². The van der Waals surface area contributed by atoms with Gasteiger partial charge in [0.25, 0.3) is 0 Å². The normalized spacial score (nSPS) is 14.4.